The molecular weight excluding hydrogens is 278 g/mol. The van der Waals surface area contributed by atoms with Crippen LogP contribution in [0.2, 0.25) is 0 Å². The minimum absolute atomic E-state index is 0.238. The minimum Gasteiger partial charge on any atom is -0.469 e. The fourth-order valence-corrected chi connectivity index (χ4v) is 3.16. The minimum atomic E-state index is 0.238. The van der Waals surface area contributed by atoms with Crippen molar-refractivity contribution >= 4 is 5.91 Å². The maximum atomic E-state index is 12.4. The van der Waals surface area contributed by atoms with Crippen molar-refractivity contribution in [1.82, 2.24) is 14.7 Å². The number of hydrogen-bond donors (Lipinski definition) is 0. The molecule has 1 aromatic rings. The third kappa shape index (κ3) is 4.58. The molecule has 22 heavy (non-hydrogen) atoms. The van der Waals surface area contributed by atoms with E-state index in [1.54, 1.807) is 6.26 Å². The molecule has 0 bridgehead atoms. The van der Waals surface area contributed by atoms with Crippen LogP contribution in [0.25, 0.3) is 0 Å². The van der Waals surface area contributed by atoms with Gasteiger partial charge in [-0.1, -0.05) is 0 Å². The lowest BCUT2D eigenvalue weighted by Crippen LogP contribution is -2.59. The first-order valence-electron chi connectivity index (χ1n) is 8.18. The van der Waals surface area contributed by atoms with Gasteiger partial charge in [-0.15, -0.1) is 0 Å². The Balaban J connectivity index is 1.83. The highest BCUT2D eigenvalue weighted by molar-refractivity contribution is 5.76. The van der Waals surface area contributed by atoms with E-state index in [0.717, 1.165) is 31.9 Å². The van der Waals surface area contributed by atoms with Gasteiger partial charge >= 0.3 is 0 Å². The molecule has 0 spiro atoms. The van der Waals surface area contributed by atoms with Gasteiger partial charge in [-0.3, -0.25) is 9.69 Å². The van der Waals surface area contributed by atoms with E-state index in [1.807, 2.05) is 17.0 Å². The molecule has 1 aliphatic heterocycles. The fraction of sp³-hybridized carbons (Fsp3) is 0.706. The Kier molecular flexibility index (Phi) is 6.03. The van der Waals surface area contributed by atoms with E-state index < -0.39 is 0 Å². The molecule has 0 N–H and O–H groups in total. The zero-order valence-electron chi connectivity index (χ0n) is 14.3. The lowest BCUT2D eigenvalue weighted by molar-refractivity contribution is -0.135. The molecule has 1 aliphatic rings. The monoisotopic (exact) mass is 307 g/mol. The molecule has 1 fully saturated rings. The van der Waals surface area contributed by atoms with Crippen LogP contribution < -0.4 is 0 Å². The number of carbonyl (C=O) groups excluding carboxylic acids is 1. The van der Waals surface area contributed by atoms with E-state index >= 15 is 0 Å². The second-order valence-electron chi connectivity index (χ2n) is 6.62. The first-order valence-corrected chi connectivity index (χ1v) is 8.18. The maximum absolute atomic E-state index is 12.4. The summed E-state index contributed by atoms with van der Waals surface area (Å²) in [7, 11) is 4.20. The predicted molar refractivity (Wildman–Crippen MR) is 87.8 cm³/mol. The molecule has 1 aromatic heterocycles. The van der Waals surface area contributed by atoms with Crippen molar-refractivity contribution in [3.05, 3.63) is 24.2 Å². The summed E-state index contributed by atoms with van der Waals surface area (Å²) in [6.45, 7) is 8.21. The summed E-state index contributed by atoms with van der Waals surface area (Å²) >= 11 is 0. The first-order chi connectivity index (χ1) is 10.5. The third-order valence-corrected chi connectivity index (χ3v) is 4.43. The highest BCUT2D eigenvalue weighted by Crippen LogP contribution is 2.17. The molecule has 124 valence electrons. The van der Waals surface area contributed by atoms with E-state index in [0.29, 0.717) is 24.9 Å². The van der Waals surface area contributed by atoms with Crippen molar-refractivity contribution < 1.29 is 9.21 Å². The van der Waals surface area contributed by atoms with Crippen molar-refractivity contribution in [2.24, 2.45) is 0 Å². The Labute approximate surface area is 133 Å². The number of aryl methyl sites for hydroxylation is 1. The van der Waals surface area contributed by atoms with E-state index in [9.17, 15) is 4.79 Å². The van der Waals surface area contributed by atoms with Gasteiger partial charge in [-0.25, -0.2) is 0 Å². The summed E-state index contributed by atoms with van der Waals surface area (Å²) in [5, 5.41) is 0. The molecule has 5 heteroatoms. The molecule has 2 unspecified atom stereocenters. The maximum Gasteiger partial charge on any atom is 0.223 e. The molecule has 0 aromatic carbocycles. The second-order valence-corrected chi connectivity index (χ2v) is 6.62. The Morgan fingerprint density at radius 2 is 2.00 bits per heavy atom. The fourth-order valence-electron chi connectivity index (χ4n) is 3.16. The van der Waals surface area contributed by atoms with Gasteiger partial charge in [0, 0.05) is 51.1 Å². The lowest BCUT2D eigenvalue weighted by atomic mass is 10.1. The summed E-state index contributed by atoms with van der Waals surface area (Å²) in [5.41, 5.74) is 0. The van der Waals surface area contributed by atoms with Gasteiger partial charge in [0.25, 0.3) is 0 Å². The van der Waals surface area contributed by atoms with Gasteiger partial charge < -0.3 is 14.2 Å². The van der Waals surface area contributed by atoms with Crippen LogP contribution in [0.15, 0.2) is 22.8 Å². The molecule has 5 nitrogen and oxygen atoms in total. The first kappa shape index (κ1) is 17.0. The number of furan rings is 1. The molecular formula is C17H29N3O2. The summed E-state index contributed by atoms with van der Waals surface area (Å²) in [4.78, 5) is 19.2. The van der Waals surface area contributed by atoms with Crippen LogP contribution in [-0.2, 0) is 11.2 Å². The van der Waals surface area contributed by atoms with E-state index in [4.69, 9.17) is 4.42 Å². The number of rotatable bonds is 6. The smallest absolute Gasteiger partial charge is 0.223 e. The van der Waals surface area contributed by atoms with Crippen LogP contribution in [-0.4, -0.2) is 73.0 Å². The standard InChI is InChI=1S/C17H29N3O2/c1-14-12-19(13-15(2)20(14)10-9-18(3)4)17(21)8-7-16-6-5-11-22-16/h5-6,11,14-15H,7-10,12-13H2,1-4H3. The number of hydrogen-bond acceptors (Lipinski definition) is 4. The SMILES string of the molecule is CC1CN(C(=O)CCc2ccco2)CC(C)N1CCN(C)C. The molecule has 2 atom stereocenters. The van der Waals surface area contributed by atoms with Crippen molar-refractivity contribution in [2.75, 3.05) is 40.3 Å². The van der Waals surface area contributed by atoms with Gasteiger partial charge in [0.05, 0.1) is 6.26 Å². The van der Waals surface area contributed by atoms with Crippen LogP contribution in [0.1, 0.15) is 26.0 Å². The third-order valence-electron chi connectivity index (χ3n) is 4.43. The van der Waals surface area contributed by atoms with E-state index in [-0.39, 0.29) is 5.91 Å². The number of amides is 1. The largest absolute Gasteiger partial charge is 0.469 e. The van der Waals surface area contributed by atoms with Crippen LogP contribution in [0, 0.1) is 0 Å². The predicted octanol–water partition coefficient (Wildman–Crippen LogP) is 1.70. The molecule has 1 saturated heterocycles. The second kappa shape index (κ2) is 7.79. The van der Waals surface area contributed by atoms with Gasteiger partial charge in [0.15, 0.2) is 0 Å². The molecule has 0 saturated carbocycles. The number of likely N-dealkylation sites (N-methyl/N-ethyl adjacent to an activating group) is 1. The van der Waals surface area contributed by atoms with Gasteiger partial charge in [0.1, 0.15) is 5.76 Å². The van der Waals surface area contributed by atoms with Crippen molar-refractivity contribution in [3.8, 4) is 0 Å². The zero-order chi connectivity index (χ0) is 16.1. The Morgan fingerprint density at radius 3 is 2.55 bits per heavy atom. The summed E-state index contributed by atoms with van der Waals surface area (Å²) in [6, 6.07) is 4.62. The highest BCUT2D eigenvalue weighted by Gasteiger charge is 2.31. The highest BCUT2D eigenvalue weighted by atomic mass is 16.3. The summed E-state index contributed by atoms with van der Waals surface area (Å²) in [6.07, 6.45) is 2.88. The molecule has 0 radical (unpaired) electrons. The Hall–Kier alpha value is -1.33. The van der Waals surface area contributed by atoms with Crippen molar-refractivity contribution in [3.63, 3.8) is 0 Å². The van der Waals surface area contributed by atoms with Crippen molar-refractivity contribution in [2.45, 2.75) is 38.8 Å². The van der Waals surface area contributed by atoms with Crippen LogP contribution in [0.3, 0.4) is 0 Å². The topological polar surface area (TPSA) is 39.9 Å². The summed E-state index contributed by atoms with van der Waals surface area (Å²) < 4.78 is 5.30. The van der Waals surface area contributed by atoms with E-state index in [2.05, 4.69) is 37.7 Å². The quantitative estimate of drug-likeness (QED) is 0.802. The summed E-state index contributed by atoms with van der Waals surface area (Å²) in [5.74, 6) is 1.13. The lowest BCUT2D eigenvalue weighted by Gasteiger charge is -2.44. The molecule has 2 rings (SSSR count). The normalized spacial score (nSPS) is 23.2. The molecule has 1 amide bonds. The average molecular weight is 307 g/mol. The number of carbonyl (C=O) groups is 1. The van der Waals surface area contributed by atoms with Gasteiger partial charge in [-0.2, -0.15) is 0 Å². The molecule has 2 heterocycles. The van der Waals surface area contributed by atoms with Crippen molar-refractivity contribution in [1.29, 1.82) is 0 Å². The van der Waals surface area contributed by atoms with Gasteiger partial charge in [0.2, 0.25) is 5.91 Å². The zero-order valence-corrected chi connectivity index (χ0v) is 14.3. The van der Waals surface area contributed by atoms with Crippen LogP contribution in [0.5, 0.6) is 0 Å². The van der Waals surface area contributed by atoms with Gasteiger partial charge in [-0.05, 0) is 40.1 Å². The average Bonchev–Trinajstić information content (AvgIpc) is 2.96. The van der Waals surface area contributed by atoms with Crippen LogP contribution >= 0.6 is 0 Å². The Bertz CT molecular complexity index is 446. The van der Waals surface area contributed by atoms with Crippen LogP contribution in [0.4, 0.5) is 0 Å². The van der Waals surface area contributed by atoms with E-state index in [1.165, 1.54) is 0 Å². The number of piperazine rings is 1. The number of nitrogens with zero attached hydrogens (tertiary/aromatic N) is 3. The Morgan fingerprint density at radius 1 is 1.32 bits per heavy atom. The molecule has 0 aliphatic carbocycles.